The van der Waals surface area contributed by atoms with Crippen LogP contribution in [0.4, 0.5) is 0 Å². The second kappa shape index (κ2) is 6.11. The third-order valence-corrected chi connectivity index (χ3v) is 5.28. The van der Waals surface area contributed by atoms with Crippen molar-refractivity contribution in [3.05, 3.63) is 57.3 Å². The van der Waals surface area contributed by atoms with E-state index in [9.17, 15) is 0 Å². The standard InChI is InChI=1S/C18H25NS/c1-6-18(3,4)15-9-7-14(8-10-15)17(19-5)16-12-20-11-13(16)2/h7-12,17,19H,6H2,1-5H3. The van der Waals surface area contributed by atoms with E-state index in [1.165, 1.54) is 22.3 Å². The lowest BCUT2D eigenvalue weighted by Gasteiger charge is -2.24. The van der Waals surface area contributed by atoms with Crippen molar-refractivity contribution in [2.24, 2.45) is 0 Å². The molecule has 0 aliphatic rings. The van der Waals surface area contributed by atoms with Crippen LogP contribution in [0.1, 0.15) is 55.5 Å². The molecule has 0 fully saturated rings. The normalized spacial score (nSPS) is 13.4. The molecule has 0 amide bonds. The second-order valence-corrected chi connectivity index (χ2v) is 6.83. The Balaban J connectivity index is 2.31. The van der Waals surface area contributed by atoms with Crippen molar-refractivity contribution in [3.8, 4) is 0 Å². The van der Waals surface area contributed by atoms with Gasteiger partial charge in [0.1, 0.15) is 0 Å². The molecule has 1 aromatic heterocycles. The van der Waals surface area contributed by atoms with Crippen molar-refractivity contribution in [2.45, 2.75) is 45.6 Å². The van der Waals surface area contributed by atoms with Crippen molar-refractivity contribution < 1.29 is 0 Å². The first-order valence-electron chi connectivity index (χ1n) is 7.30. The number of thiophene rings is 1. The highest BCUT2D eigenvalue weighted by Crippen LogP contribution is 2.31. The van der Waals surface area contributed by atoms with Gasteiger partial charge in [-0.15, -0.1) is 0 Å². The highest BCUT2D eigenvalue weighted by atomic mass is 32.1. The zero-order chi connectivity index (χ0) is 14.8. The molecule has 0 aliphatic carbocycles. The van der Waals surface area contributed by atoms with Gasteiger partial charge in [0.25, 0.3) is 0 Å². The van der Waals surface area contributed by atoms with Crippen LogP contribution in [0.25, 0.3) is 0 Å². The molecule has 0 spiro atoms. The highest BCUT2D eigenvalue weighted by Gasteiger charge is 2.19. The Hall–Kier alpha value is -1.12. The number of rotatable bonds is 5. The molecule has 1 aromatic carbocycles. The Labute approximate surface area is 127 Å². The van der Waals surface area contributed by atoms with E-state index in [1.807, 2.05) is 7.05 Å². The van der Waals surface area contributed by atoms with E-state index in [0.29, 0.717) is 6.04 Å². The summed E-state index contributed by atoms with van der Waals surface area (Å²) in [6, 6.07) is 9.39. The van der Waals surface area contributed by atoms with Gasteiger partial charge in [-0.1, -0.05) is 45.0 Å². The summed E-state index contributed by atoms with van der Waals surface area (Å²) in [4.78, 5) is 0. The van der Waals surface area contributed by atoms with E-state index in [-0.39, 0.29) is 5.41 Å². The summed E-state index contributed by atoms with van der Waals surface area (Å²) >= 11 is 1.78. The summed E-state index contributed by atoms with van der Waals surface area (Å²) in [7, 11) is 2.03. The molecule has 0 saturated carbocycles. The fraction of sp³-hybridized carbons (Fsp3) is 0.444. The minimum Gasteiger partial charge on any atom is -0.309 e. The zero-order valence-electron chi connectivity index (χ0n) is 13.2. The maximum atomic E-state index is 3.44. The zero-order valence-corrected chi connectivity index (χ0v) is 14.0. The van der Waals surface area contributed by atoms with Crippen molar-refractivity contribution in [1.82, 2.24) is 5.32 Å². The molecule has 1 N–H and O–H groups in total. The lowest BCUT2D eigenvalue weighted by Crippen LogP contribution is -2.19. The average molecular weight is 287 g/mol. The summed E-state index contributed by atoms with van der Waals surface area (Å²) in [5.41, 5.74) is 5.77. The predicted octanol–water partition coefficient (Wildman–Crippen LogP) is 5.05. The average Bonchev–Trinajstić information content (AvgIpc) is 2.87. The minimum absolute atomic E-state index is 0.256. The Morgan fingerprint density at radius 3 is 2.25 bits per heavy atom. The topological polar surface area (TPSA) is 12.0 Å². The summed E-state index contributed by atoms with van der Waals surface area (Å²) in [5.74, 6) is 0. The first-order chi connectivity index (χ1) is 9.49. The molecule has 0 radical (unpaired) electrons. The van der Waals surface area contributed by atoms with Crippen molar-refractivity contribution in [1.29, 1.82) is 0 Å². The number of hydrogen-bond acceptors (Lipinski definition) is 2. The molecule has 20 heavy (non-hydrogen) atoms. The van der Waals surface area contributed by atoms with Crippen molar-refractivity contribution >= 4 is 11.3 Å². The van der Waals surface area contributed by atoms with Gasteiger partial charge in [-0.3, -0.25) is 0 Å². The Morgan fingerprint density at radius 1 is 1.15 bits per heavy atom. The van der Waals surface area contributed by atoms with Crippen molar-refractivity contribution in [2.75, 3.05) is 7.05 Å². The first kappa shape index (κ1) is 15.3. The fourth-order valence-electron chi connectivity index (χ4n) is 2.50. The van der Waals surface area contributed by atoms with Crippen LogP contribution in [0.5, 0.6) is 0 Å². The number of benzene rings is 1. The molecule has 1 nitrogen and oxygen atoms in total. The largest absolute Gasteiger partial charge is 0.309 e. The molecule has 108 valence electrons. The second-order valence-electron chi connectivity index (χ2n) is 6.09. The van der Waals surface area contributed by atoms with Crippen LogP contribution in [-0.4, -0.2) is 7.05 Å². The van der Waals surface area contributed by atoms with Crippen LogP contribution >= 0.6 is 11.3 Å². The van der Waals surface area contributed by atoms with Gasteiger partial charge in [0.2, 0.25) is 0 Å². The van der Waals surface area contributed by atoms with E-state index in [1.54, 1.807) is 11.3 Å². The molecule has 0 aliphatic heterocycles. The van der Waals surface area contributed by atoms with Crippen LogP contribution in [0.2, 0.25) is 0 Å². The molecule has 2 rings (SSSR count). The Morgan fingerprint density at radius 2 is 1.80 bits per heavy atom. The summed E-state index contributed by atoms with van der Waals surface area (Å²) < 4.78 is 0. The first-order valence-corrected chi connectivity index (χ1v) is 8.24. The van der Waals surface area contributed by atoms with E-state index >= 15 is 0 Å². The predicted molar refractivity (Wildman–Crippen MR) is 89.7 cm³/mol. The maximum Gasteiger partial charge on any atom is 0.0585 e. The van der Waals surface area contributed by atoms with Gasteiger partial charge >= 0.3 is 0 Å². The molecule has 2 heteroatoms. The van der Waals surface area contributed by atoms with Crippen LogP contribution in [-0.2, 0) is 5.41 Å². The fourth-order valence-corrected chi connectivity index (χ4v) is 3.38. The highest BCUT2D eigenvalue weighted by molar-refractivity contribution is 7.08. The van der Waals surface area contributed by atoms with Gasteiger partial charge < -0.3 is 5.32 Å². The van der Waals surface area contributed by atoms with Gasteiger partial charge in [-0.2, -0.15) is 11.3 Å². The maximum absolute atomic E-state index is 3.44. The van der Waals surface area contributed by atoms with E-state index in [0.717, 1.165) is 6.42 Å². The Kier molecular flexibility index (Phi) is 4.66. The summed E-state index contributed by atoms with van der Waals surface area (Å²) in [5, 5.41) is 7.91. The SMILES string of the molecule is CCC(C)(C)c1ccc(C(NC)c2cscc2C)cc1. The van der Waals surface area contributed by atoms with Gasteiger partial charge in [-0.25, -0.2) is 0 Å². The Bertz CT molecular complexity index is 551. The van der Waals surface area contributed by atoms with Crippen LogP contribution in [0.15, 0.2) is 35.0 Å². The van der Waals surface area contributed by atoms with E-state index < -0.39 is 0 Å². The number of hydrogen-bond donors (Lipinski definition) is 1. The molecule has 1 unspecified atom stereocenters. The van der Waals surface area contributed by atoms with E-state index in [2.05, 4.69) is 68.0 Å². The van der Waals surface area contributed by atoms with E-state index in [4.69, 9.17) is 0 Å². The van der Waals surface area contributed by atoms with Crippen LogP contribution in [0, 0.1) is 6.92 Å². The van der Waals surface area contributed by atoms with Crippen LogP contribution in [0.3, 0.4) is 0 Å². The van der Waals surface area contributed by atoms with Gasteiger partial charge in [0, 0.05) is 0 Å². The van der Waals surface area contributed by atoms with Crippen LogP contribution < -0.4 is 5.32 Å². The molecular formula is C18H25NS. The molecule has 0 saturated heterocycles. The molecule has 0 bridgehead atoms. The molecule has 1 atom stereocenters. The monoisotopic (exact) mass is 287 g/mol. The minimum atomic E-state index is 0.256. The summed E-state index contributed by atoms with van der Waals surface area (Å²) in [6.45, 7) is 9.05. The van der Waals surface area contributed by atoms with Crippen molar-refractivity contribution in [3.63, 3.8) is 0 Å². The van der Waals surface area contributed by atoms with Gasteiger partial charge in [-0.05, 0) is 58.8 Å². The third kappa shape index (κ3) is 2.97. The quantitative estimate of drug-likeness (QED) is 0.811. The molecule has 2 aromatic rings. The van der Waals surface area contributed by atoms with Gasteiger partial charge in [0.15, 0.2) is 0 Å². The van der Waals surface area contributed by atoms with Gasteiger partial charge in [0.05, 0.1) is 6.04 Å². The molecular weight excluding hydrogens is 262 g/mol. The lowest BCUT2D eigenvalue weighted by atomic mass is 9.81. The smallest absolute Gasteiger partial charge is 0.0585 e. The number of nitrogens with one attached hydrogen (secondary N) is 1. The summed E-state index contributed by atoms with van der Waals surface area (Å²) in [6.07, 6.45) is 1.16. The lowest BCUT2D eigenvalue weighted by molar-refractivity contribution is 0.506. The third-order valence-electron chi connectivity index (χ3n) is 4.40. The molecule has 1 heterocycles. The number of aryl methyl sites for hydroxylation is 1.